The number of nitrogens with zero attached hydrogens (tertiary/aromatic N) is 1. The molecule has 1 heterocycles. The molecular formula is C13H14ClN. The van der Waals surface area contributed by atoms with Crippen LogP contribution < -0.4 is 0 Å². The molecule has 0 aliphatic carbocycles. The van der Waals surface area contributed by atoms with Crippen LogP contribution in [0.1, 0.15) is 26.3 Å². The summed E-state index contributed by atoms with van der Waals surface area (Å²) in [6.07, 6.45) is 1.75. The average Bonchev–Trinajstić information content (AvgIpc) is 2.16. The van der Waals surface area contributed by atoms with E-state index < -0.39 is 0 Å². The van der Waals surface area contributed by atoms with Crippen LogP contribution in [-0.2, 0) is 5.41 Å². The molecule has 1 aromatic heterocycles. The summed E-state index contributed by atoms with van der Waals surface area (Å²) in [5, 5.41) is 1.78. The van der Waals surface area contributed by atoms with Gasteiger partial charge in [0.05, 0.1) is 10.5 Å². The van der Waals surface area contributed by atoms with Crippen LogP contribution in [0.4, 0.5) is 0 Å². The van der Waals surface area contributed by atoms with Crippen LogP contribution >= 0.6 is 11.6 Å². The Hall–Kier alpha value is -1.08. The summed E-state index contributed by atoms with van der Waals surface area (Å²) in [5.41, 5.74) is 2.40. The first-order chi connectivity index (χ1) is 6.98. The molecule has 0 fully saturated rings. The predicted molar refractivity (Wildman–Crippen MR) is 65.5 cm³/mol. The van der Waals surface area contributed by atoms with E-state index in [9.17, 15) is 0 Å². The standard InChI is InChI=1S/C13H14ClN/c1-13(2,3)9-4-5-10-11(14)6-7-15-12(10)8-9/h4-8H,1-3H3. The Balaban J connectivity index is 2.68. The molecule has 78 valence electrons. The minimum absolute atomic E-state index is 0.151. The van der Waals surface area contributed by atoms with Crippen LogP contribution in [-0.4, -0.2) is 4.98 Å². The molecule has 2 rings (SSSR count). The summed E-state index contributed by atoms with van der Waals surface area (Å²) in [6.45, 7) is 6.58. The number of halogens is 1. The third-order valence-corrected chi connectivity index (χ3v) is 2.89. The predicted octanol–water partition coefficient (Wildman–Crippen LogP) is 4.19. The van der Waals surface area contributed by atoms with Gasteiger partial charge in [-0.1, -0.05) is 44.5 Å². The number of hydrogen-bond donors (Lipinski definition) is 0. The van der Waals surface area contributed by atoms with Gasteiger partial charge in [0.15, 0.2) is 0 Å². The van der Waals surface area contributed by atoms with Crippen molar-refractivity contribution in [1.82, 2.24) is 4.98 Å². The molecule has 0 N–H and O–H groups in total. The average molecular weight is 220 g/mol. The number of fused-ring (bicyclic) bond motifs is 1. The summed E-state index contributed by atoms with van der Waals surface area (Å²) in [6, 6.07) is 8.10. The van der Waals surface area contributed by atoms with E-state index in [1.54, 1.807) is 6.20 Å². The molecule has 1 nitrogen and oxygen atoms in total. The molecule has 15 heavy (non-hydrogen) atoms. The molecule has 1 aromatic carbocycles. The first kappa shape index (κ1) is 10.4. The highest BCUT2D eigenvalue weighted by Crippen LogP contribution is 2.28. The van der Waals surface area contributed by atoms with E-state index >= 15 is 0 Å². The number of rotatable bonds is 0. The molecule has 0 atom stereocenters. The summed E-state index contributed by atoms with van der Waals surface area (Å²) < 4.78 is 0. The molecule has 0 amide bonds. The van der Waals surface area contributed by atoms with Crippen molar-refractivity contribution in [2.24, 2.45) is 0 Å². The third-order valence-electron chi connectivity index (χ3n) is 2.56. The SMILES string of the molecule is CC(C)(C)c1ccc2c(Cl)ccnc2c1. The van der Waals surface area contributed by atoms with Crippen molar-refractivity contribution < 1.29 is 0 Å². The molecule has 0 bridgehead atoms. The van der Waals surface area contributed by atoms with E-state index in [1.807, 2.05) is 12.1 Å². The zero-order chi connectivity index (χ0) is 11.1. The molecule has 0 saturated carbocycles. The molecule has 0 aliphatic rings. The van der Waals surface area contributed by atoms with Gasteiger partial charge in [-0.2, -0.15) is 0 Å². The highest BCUT2D eigenvalue weighted by Gasteiger charge is 2.14. The van der Waals surface area contributed by atoms with Gasteiger partial charge in [-0.3, -0.25) is 4.98 Å². The Morgan fingerprint density at radius 1 is 1.13 bits per heavy atom. The molecule has 0 spiro atoms. The summed E-state index contributed by atoms with van der Waals surface area (Å²) in [5.74, 6) is 0. The van der Waals surface area contributed by atoms with Crippen molar-refractivity contribution in [2.45, 2.75) is 26.2 Å². The van der Waals surface area contributed by atoms with Crippen LogP contribution in [0.5, 0.6) is 0 Å². The summed E-state index contributed by atoms with van der Waals surface area (Å²) in [4.78, 5) is 4.33. The second-order valence-corrected chi connectivity index (χ2v) is 5.18. The smallest absolute Gasteiger partial charge is 0.0719 e. The van der Waals surface area contributed by atoms with Gasteiger partial charge in [0.1, 0.15) is 0 Å². The number of hydrogen-bond acceptors (Lipinski definition) is 1. The second kappa shape index (κ2) is 3.49. The van der Waals surface area contributed by atoms with Gasteiger partial charge in [-0.15, -0.1) is 0 Å². The van der Waals surface area contributed by atoms with Gasteiger partial charge < -0.3 is 0 Å². The zero-order valence-corrected chi connectivity index (χ0v) is 9.97. The molecule has 0 unspecified atom stereocenters. The van der Waals surface area contributed by atoms with Crippen molar-refractivity contribution in [3.05, 3.63) is 41.0 Å². The fourth-order valence-corrected chi connectivity index (χ4v) is 1.80. The maximum Gasteiger partial charge on any atom is 0.0719 e. The Morgan fingerprint density at radius 3 is 2.53 bits per heavy atom. The lowest BCUT2D eigenvalue weighted by atomic mass is 9.86. The van der Waals surface area contributed by atoms with Crippen molar-refractivity contribution in [2.75, 3.05) is 0 Å². The van der Waals surface area contributed by atoms with Crippen molar-refractivity contribution in [1.29, 1.82) is 0 Å². The Morgan fingerprint density at radius 2 is 1.87 bits per heavy atom. The second-order valence-electron chi connectivity index (χ2n) is 4.77. The van der Waals surface area contributed by atoms with Crippen LogP contribution in [0.15, 0.2) is 30.5 Å². The van der Waals surface area contributed by atoms with E-state index in [-0.39, 0.29) is 5.41 Å². The van der Waals surface area contributed by atoms with E-state index in [0.717, 1.165) is 15.9 Å². The Bertz CT molecular complexity index is 497. The maximum absolute atomic E-state index is 6.08. The highest BCUT2D eigenvalue weighted by atomic mass is 35.5. The minimum atomic E-state index is 0.151. The monoisotopic (exact) mass is 219 g/mol. The normalized spacial score (nSPS) is 12.0. The van der Waals surface area contributed by atoms with Crippen LogP contribution in [0.2, 0.25) is 5.02 Å². The van der Waals surface area contributed by atoms with Crippen molar-refractivity contribution in [3.8, 4) is 0 Å². The maximum atomic E-state index is 6.08. The van der Waals surface area contributed by atoms with Crippen LogP contribution in [0, 0.1) is 0 Å². The van der Waals surface area contributed by atoms with E-state index in [2.05, 4.69) is 37.9 Å². The molecule has 2 aromatic rings. The van der Waals surface area contributed by atoms with E-state index in [0.29, 0.717) is 0 Å². The van der Waals surface area contributed by atoms with Gasteiger partial charge in [-0.05, 0) is 23.1 Å². The van der Waals surface area contributed by atoms with E-state index in [4.69, 9.17) is 11.6 Å². The lowest BCUT2D eigenvalue weighted by Crippen LogP contribution is -2.10. The van der Waals surface area contributed by atoms with Crippen molar-refractivity contribution >= 4 is 22.5 Å². The van der Waals surface area contributed by atoms with Gasteiger partial charge in [0.2, 0.25) is 0 Å². The van der Waals surface area contributed by atoms with Gasteiger partial charge in [0, 0.05) is 11.6 Å². The molecule has 0 aliphatic heterocycles. The summed E-state index contributed by atoms with van der Waals surface area (Å²) >= 11 is 6.08. The van der Waals surface area contributed by atoms with Crippen LogP contribution in [0.3, 0.4) is 0 Å². The van der Waals surface area contributed by atoms with Crippen LogP contribution in [0.25, 0.3) is 10.9 Å². The minimum Gasteiger partial charge on any atom is -0.256 e. The largest absolute Gasteiger partial charge is 0.256 e. The van der Waals surface area contributed by atoms with Crippen molar-refractivity contribution in [3.63, 3.8) is 0 Å². The molecule has 0 radical (unpaired) electrons. The first-order valence-corrected chi connectivity index (χ1v) is 5.41. The lowest BCUT2D eigenvalue weighted by molar-refractivity contribution is 0.591. The highest BCUT2D eigenvalue weighted by molar-refractivity contribution is 6.35. The topological polar surface area (TPSA) is 12.9 Å². The fourth-order valence-electron chi connectivity index (χ4n) is 1.58. The van der Waals surface area contributed by atoms with Gasteiger partial charge >= 0.3 is 0 Å². The zero-order valence-electron chi connectivity index (χ0n) is 9.21. The van der Waals surface area contributed by atoms with Gasteiger partial charge in [-0.25, -0.2) is 0 Å². The Labute approximate surface area is 95.1 Å². The van der Waals surface area contributed by atoms with Gasteiger partial charge in [0.25, 0.3) is 0 Å². The Kier molecular flexibility index (Phi) is 2.43. The lowest BCUT2D eigenvalue weighted by Gasteiger charge is -2.19. The van der Waals surface area contributed by atoms with E-state index in [1.165, 1.54) is 5.56 Å². The summed E-state index contributed by atoms with van der Waals surface area (Å²) in [7, 11) is 0. The number of benzene rings is 1. The molecular weight excluding hydrogens is 206 g/mol. The third kappa shape index (κ3) is 1.98. The molecule has 0 saturated heterocycles. The fraction of sp³-hybridized carbons (Fsp3) is 0.308. The number of pyridine rings is 1. The quantitative estimate of drug-likeness (QED) is 0.648. The molecule has 2 heteroatoms. The number of aromatic nitrogens is 1. The first-order valence-electron chi connectivity index (χ1n) is 5.03.